The second-order valence-electron chi connectivity index (χ2n) is 9.66. The fourth-order valence-electron chi connectivity index (χ4n) is 5.82. The van der Waals surface area contributed by atoms with E-state index in [0.717, 1.165) is 30.8 Å². The van der Waals surface area contributed by atoms with Crippen LogP contribution >= 0.6 is 11.8 Å². The first-order valence-electron chi connectivity index (χ1n) is 12.7. The highest BCUT2D eigenvalue weighted by atomic mass is 32.2. The average molecular weight is 481 g/mol. The number of fused-ring (bicyclic) bond motifs is 2. The zero-order valence-electron chi connectivity index (χ0n) is 20.3. The summed E-state index contributed by atoms with van der Waals surface area (Å²) >= 11 is 1.97. The van der Waals surface area contributed by atoms with Crippen LogP contribution in [-0.4, -0.2) is 5.37 Å². The normalized spacial score (nSPS) is 24.0. The van der Waals surface area contributed by atoms with Crippen LogP contribution < -0.4 is 15.6 Å². The molecule has 3 atom stereocenters. The van der Waals surface area contributed by atoms with Gasteiger partial charge in [0.2, 0.25) is 0 Å². The number of para-hydroxylation sites is 1. The maximum Gasteiger partial charge on any atom is 0.131 e. The summed E-state index contributed by atoms with van der Waals surface area (Å²) in [5.74, 6) is 2.51. The molecule has 1 aliphatic carbocycles. The number of hydrogen-bond donors (Lipinski definition) is 2. The molecule has 0 radical (unpaired) electrons. The second-order valence-corrected chi connectivity index (χ2v) is 10.9. The number of ether oxygens (including phenoxy) is 1. The van der Waals surface area contributed by atoms with Gasteiger partial charge < -0.3 is 4.74 Å². The summed E-state index contributed by atoms with van der Waals surface area (Å²) in [4.78, 5) is 0. The number of benzene rings is 3. The molecule has 3 aromatic carbocycles. The van der Waals surface area contributed by atoms with Crippen molar-refractivity contribution < 1.29 is 4.74 Å². The molecule has 4 heteroatoms. The van der Waals surface area contributed by atoms with Gasteiger partial charge in [0.15, 0.2) is 0 Å². The Morgan fingerprint density at radius 1 is 0.857 bits per heavy atom. The van der Waals surface area contributed by atoms with Gasteiger partial charge >= 0.3 is 0 Å². The SMILES string of the molecule is CCC1(CC)c2ccccc2Oc2ccc(-c3ccc(C4NNC(C5C=CC=CC5)S4)cc3)cc21. The van der Waals surface area contributed by atoms with E-state index in [1.54, 1.807) is 0 Å². The summed E-state index contributed by atoms with van der Waals surface area (Å²) in [5.41, 5.74) is 13.4. The molecule has 0 amide bonds. The maximum absolute atomic E-state index is 6.35. The van der Waals surface area contributed by atoms with Crippen LogP contribution in [0.1, 0.15) is 55.2 Å². The van der Waals surface area contributed by atoms with E-state index in [1.165, 1.54) is 27.8 Å². The van der Waals surface area contributed by atoms with Gasteiger partial charge in [0.1, 0.15) is 11.5 Å². The third kappa shape index (κ3) is 3.94. The zero-order chi connectivity index (χ0) is 23.8. The highest BCUT2D eigenvalue weighted by Gasteiger charge is 2.39. The van der Waals surface area contributed by atoms with Crippen molar-refractivity contribution in [3.63, 3.8) is 0 Å². The van der Waals surface area contributed by atoms with Gasteiger partial charge in [-0.25, -0.2) is 10.9 Å². The van der Waals surface area contributed by atoms with E-state index >= 15 is 0 Å². The molecule has 0 bridgehead atoms. The molecule has 0 spiro atoms. The van der Waals surface area contributed by atoms with Crippen LogP contribution in [0.2, 0.25) is 0 Å². The number of nitrogens with one attached hydrogen (secondary N) is 2. The van der Waals surface area contributed by atoms with E-state index < -0.39 is 0 Å². The fraction of sp³-hybridized carbons (Fsp3) is 0.290. The number of thioether (sulfide) groups is 1. The topological polar surface area (TPSA) is 33.3 Å². The van der Waals surface area contributed by atoms with E-state index in [4.69, 9.17) is 4.74 Å². The van der Waals surface area contributed by atoms with Crippen molar-refractivity contribution in [2.45, 2.75) is 49.3 Å². The lowest BCUT2D eigenvalue weighted by molar-refractivity contribution is 0.375. The first-order chi connectivity index (χ1) is 17.2. The van der Waals surface area contributed by atoms with E-state index in [0.29, 0.717) is 11.3 Å². The quantitative estimate of drug-likeness (QED) is 0.389. The molecule has 178 valence electrons. The summed E-state index contributed by atoms with van der Waals surface area (Å²) in [5, 5.41) is 0.648. The predicted molar refractivity (Wildman–Crippen MR) is 147 cm³/mol. The zero-order valence-corrected chi connectivity index (χ0v) is 21.1. The monoisotopic (exact) mass is 480 g/mol. The van der Waals surface area contributed by atoms with Gasteiger partial charge in [-0.2, -0.15) is 0 Å². The molecule has 3 aliphatic rings. The van der Waals surface area contributed by atoms with Crippen LogP contribution in [0.4, 0.5) is 0 Å². The Labute approximate surface area is 212 Å². The predicted octanol–water partition coefficient (Wildman–Crippen LogP) is 7.86. The molecule has 3 aromatic rings. The first kappa shape index (κ1) is 22.7. The van der Waals surface area contributed by atoms with Gasteiger partial charge in [-0.15, -0.1) is 11.8 Å². The average Bonchev–Trinajstić information content (AvgIpc) is 3.43. The lowest BCUT2D eigenvalue weighted by Crippen LogP contribution is -2.34. The van der Waals surface area contributed by atoms with Crippen LogP contribution in [0.3, 0.4) is 0 Å². The Bertz CT molecular complexity index is 1280. The lowest BCUT2D eigenvalue weighted by atomic mass is 9.68. The number of hydrogen-bond acceptors (Lipinski definition) is 4. The molecule has 35 heavy (non-hydrogen) atoms. The van der Waals surface area contributed by atoms with Crippen molar-refractivity contribution in [2.24, 2.45) is 5.92 Å². The minimum absolute atomic E-state index is 0.0199. The molecule has 0 aromatic heterocycles. The van der Waals surface area contributed by atoms with Crippen LogP contribution in [0, 0.1) is 5.92 Å². The number of allylic oxidation sites excluding steroid dienone is 3. The van der Waals surface area contributed by atoms with Crippen molar-refractivity contribution in [3.8, 4) is 22.6 Å². The third-order valence-electron chi connectivity index (χ3n) is 7.91. The standard InChI is InChI=1S/C31H32N2OS/c1-3-31(4-2)25-12-8-9-13-27(25)34-28-19-18-24(20-26(28)31)21-14-16-23(17-15-21)30-33-32-29(35-30)22-10-6-5-7-11-22/h5-10,12-20,22,29-30,32-33H,3-4,11H2,1-2H3. The summed E-state index contributed by atoms with van der Waals surface area (Å²) < 4.78 is 6.35. The summed E-state index contributed by atoms with van der Waals surface area (Å²) in [6.07, 6.45) is 12.0. The van der Waals surface area contributed by atoms with Crippen molar-refractivity contribution in [1.82, 2.24) is 10.9 Å². The number of rotatable bonds is 5. The molecule has 1 fully saturated rings. The molecular weight excluding hydrogens is 448 g/mol. The van der Waals surface area contributed by atoms with Gasteiger partial charge in [-0.05, 0) is 54.2 Å². The van der Waals surface area contributed by atoms with Crippen molar-refractivity contribution in [1.29, 1.82) is 0 Å². The summed E-state index contributed by atoms with van der Waals surface area (Å²) in [6.45, 7) is 4.59. The third-order valence-corrected chi connectivity index (χ3v) is 9.34. The Morgan fingerprint density at radius 3 is 2.40 bits per heavy atom. The minimum atomic E-state index is -0.0199. The smallest absolute Gasteiger partial charge is 0.131 e. The fourth-order valence-corrected chi connectivity index (χ4v) is 7.10. The molecule has 3 nitrogen and oxygen atoms in total. The van der Waals surface area contributed by atoms with Crippen LogP contribution in [-0.2, 0) is 5.41 Å². The maximum atomic E-state index is 6.35. The minimum Gasteiger partial charge on any atom is -0.457 e. The number of hydrazine groups is 1. The van der Waals surface area contributed by atoms with Gasteiger partial charge in [-0.3, -0.25) is 0 Å². The van der Waals surface area contributed by atoms with Crippen LogP contribution in [0.15, 0.2) is 91.0 Å². The second kappa shape index (κ2) is 9.34. The Morgan fingerprint density at radius 2 is 1.63 bits per heavy atom. The van der Waals surface area contributed by atoms with Crippen LogP contribution in [0.25, 0.3) is 11.1 Å². The molecule has 3 unspecified atom stereocenters. The van der Waals surface area contributed by atoms with Crippen molar-refractivity contribution >= 4 is 11.8 Å². The molecule has 2 N–H and O–H groups in total. The van der Waals surface area contributed by atoms with Gasteiger partial charge in [0, 0.05) is 22.5 Å². The first-order valence-corrected chi connectivity index (χ1v) is 13.7. The van der Waals surface area contributed by atoms with Crippen molar-refractivity contribution in [3.05, 3.63) is 108 Å². The van der Waals surface area contributed by atoms with E-state index in [9.17, 15) is 0 Å². The Hall–Kier alpha value is -2.79. The van der Waals surface area contributed by atoms with Gasteiger partial charge in [-0.1, -0.05) is 86.7 Å². The van der Waals surface area contributed by atoms with Gasteiger partial charge in [0.25, 0.3) is 0 Å². The molecular formula is C31H32N2OS. The molecule has 2 heterocycles. The largest absolute Gasteiger partial charge is 0.457 e. The highest BCUT2D eigenvalue weighted by Crippen LogP contribution is 2.52. The molecule has 6 rings (SSSR count). The van der Waals surface area contributed by atoms with E-state index in [-0.39, 0.29) is 10.8 Å². The van der Waals surface area contributed by atoms with E-state index in [1.807, 2.05) is 11.8 Å². The Balaban J connectivity index is 1.26. The summed E-state index contributed by atoms with van der Waals surface area (Å²) in [6, 6.07) is 24.3. The van der Waals surface area contributed by atoms with Crippen LogP contribution in [0.5, 0.6) is 11.5 Å². The molecule has 2 aliphatic heterocycles. The van der Waals surface area contributed by atoms with Crippen molar-refractivity contribution in [2.75, 3.05) is 0 Å². The molecule has 0 saturated carbocycles. The Kier molecular flexibility index (Phi) is 6.05. The van der Waals surface area contributed by atoms with Gasteiger partial charge in [0.05, 0.1) is 10.7 Å². The highest BCUT2D eigenvalue weighted by molar-refractivity contribution is 8.00. The lowest BCUT2D eigenvalue weighted by Gasteiger charge is -2.39. The summed E-state index contributed by atoms with van der Waals surface area (Å²) in [7, 11) is 0. The molecule has 1 saturated heterocycles. The van der Waals surface area contributed by atoms with E-state index in [2.05, 4.69) is 116 Å².